The van der Waals surface area contributed by atoms with Crippen LogP contribution in [0.15, 0.2) is 48.5 Å². The van der Waals surface area contributed by atoms with Gasteiger partial charge in [-0.15, -0.1) is 0 Å². The first-order valence-electron chi connectivity index (χ1n) is 7.15. The minimum atomic E-state index is -0.644. The summed E-state index contributed by atoms with van der Waals surface area (Å²) in [5.41, 5.74) is 3.56. The van der Waals surface area contributed by atoms with E-state index in [4.69, 9.17) is 0 Å². The van der Waals surface area contributed by atoms with Crippen molar-refractivity contribution in [2.24, 2.45) is 0 Å². The maximum atomic E-state index is 11.6. The standard InChI is InChI=1S/C17H17N3O2/c1-11(21)10-16(22)18-13-8-6-12(7-9-13)17-19-14-4-2-3-5-15(14)20-17/h2-9,11,21H,10H2,1H3,(H,18,22)(H,19,20). The summed E-state index contributed by atoms with van der Waals surface area (Å²) >= 11 is 0. The fourth-order valence-corrected chi connectivity index (χ4v) is 2.28. The van der Waals surface area contributed by atoms with E-state index in [0.29, 0.717) is 5.69 Å². The van der Waals surface area contributed by atoms with Gasteiger partial charge < -0.3 is 15.4 Å². The smallest absolute Gasteiger partial charge is 0.226 e. The number of imidazole rings is 1. The Bertz CT molecular complexity index is 758. The average molecular weight is 295 g/mol. The predicted octanol–water partition coefficient (Wildman–Crippen LogP) is 2.94. The van der Waals surface area contributed by atoms with E-state index in [1.54, 1.807) is 6.92 Å². The van der Waals surface area contributed by atoms with Crippen LogP contribution in [0.5, 0.6) is 0 Å². The summed E-state index contributed by atoms with van der Waals surface area (Å²) in [7, 11) is 0. The number of H-pyrrole nitrogens is 1. The maximum absolute atomic E-state index is 11.6. The number of fused-ring (bicyclic) bond motifs is 1. The quantitative estimate of drug-likeness (QED) is 0.692. The highest BCUT2D eigenvalue weighted by Gasteiger charge is 2.08. The highest BCUT2D eigenvalue weighted by molar-refractivity contribution is 5.91. The van der Waals surface area contributed by atoms with Gasteiger partial charge in [0.15, 0.2) is 0 Å². The van der Waals surface area contributed by atoms with Crippen molar-refractivity contribution in [2.75, 3.05) is 5.32 Å². The number of para-hydroxylation sites is 2. The summed E-state index contributed by atoms with van der Waals surface area (Å²) in [6.45, 7) is 1.59. The summed E-state index contributed by atoms with van der Waals surface area (Å²) in [4.78, 5) is 19.4. The molecule has 0 spiro atoms. The highest BCUT2D eigenvalue weighted by Crippen LogP contribution is 2.22. The van der Waals surface area contributed by atoms with Crippen molar-refractivity contribution in [1.29, 1.82) is 0 Å². The van der Waals surface area contributed by atoms with Crippen LogP contribution in [0.3, 0.4) is 0 Å². The van der Waals surface area contributed by atoms with Gasteiger partial charge in [0.2, 0.25) is 5.91 Å². The summed E-state index contributed by atoms with van der Waals surface area (Å²) in [6.07, 6.45) is -0.555. The molecule has 1 amide bonds. The molecule has 0 saturated carbocycles. The van der Waals surface area contributed by atoms with Crippen molar-refractivity contribution < 1.29 is 9.90 Å². The number of hydrogen-bond acceptors (Lipinski definition) is 3. The van der Waals surface area contributed by atoms with Gasteiger partial charge in [-0.3, -0.25) is 4.79 Å². The van der Waals surface area contributed by atoms with Crippen LogP contribution in [-0.4, -0.2) is 27.1 Å². The zero-order valence-electron chi connectivity index (χ0n) is 12.2. The molecular formula is C17H17N3O2. The summed E-state index contributed by atoms with van der Waals surface area (Å²) in [5.74, 6) is 0.592. The van der Waals surface area contributed by atoms with Gasteiger partial charge in [0.05, 0.1) is 23.6 Å². The molecular weight excluding hydrogens is 278 g/mol. The van der Waals surface area contributed by atoms with Crippen molar-refractivity contribution in [3.63, 3.8) is 0 Å². The van der Waals surface area contributed by atoms with Gasteiger partial charge in [-0.1, -0.05) is 12.1 Å². The Balaban J connectivity index is 1.77. The van der Waals surface area contributed by atoms with Gasteiger partial charge in [-0.05, 0) is 43.3 Å². The van der Waals surface area contributed by atoms with Crippen LogP contribution in [0.1, 0.15) is 13.3 Å². The molecule has 1 atom stereocenters. The second kappa shape index (κ2) is 5.99. The largest absolute Gasteiger partial charge is 0.393 e. The molecule has 5 heteroatoms. The molecule has 1 unspecified atom stereocenters. The minimum Gasteiger partial charge on any atom is -0.393 e. The zero-order valence-corrected chi connectivity index (χ0v) is 12.2. The van der Waals surface area contributed by atoms with Crippen molar-refractivity contribution in [3.05, 3.63) is 48.5 Å². The molecule has 5 nitrogen and oxygen atoms in total. The number of hydrogen-bond donors (Lipinski definition) is 3. The van der Waals surface area contributed by atoms with E-state index in [0.717, 1.165) is 22.4 Å². The van der Waals surface area contributed by atoms with Crippen LogP contribution in [0.25, 0.3) is 22.4 Å². The monoisotopic (exact) mass is 295 g/mol. The molecule has 22 heavy (non-hydrogen) atoms. The Morgan fingerprint density at radius 1 is 1.23 bits per heavy atom. The Kier molecular flexibility index (Phi) is 3.89. The van der Waals surface area contributed by atoms with E-state index in [2.05, 4.69) is 15.3 Å². The second-order valence-corrected chi connectivity index (χ2v) is 5.28. The summed E-state index contributed by atoms with van der Waals surface area (Å²) < 4.78 is 0. The number of aromatic nitrogens is 2. The third-order valence-corrected chi connectivity index (χ3v) is 3.31. The SMILES string of the molecule is CC(O)CC(=O)Nc1ccc(-c2nc3ccccc3[nH]2)cc1. The molecule has 0 radical (unpaired) electrons. The van der Waals surface area contributed by atoms with Crippen molar-refractivity contribution >= 4 is 22.6 Å². The van der Waals surface area contributed by atoms with Gasteiger partial charge in [0, 0.05) is 11.3 Å². The number of nitrogens with zero attached hydrogens (tertiary/aromatic N) is 1. The Morgan fingerprint density at radius 3 is 2.64 bits per heavy atom. The maximum Gasteiger partial charge on any atom is 0.226 e. The number of aliphatic hydroxyl groups excluding tert-OH is 1. The molecule has 3 N–H and O–H groups in total. The average Bonchev–Trinajstić information content (AvgIpc) is 2.91. The number of aliphatic hydroxyl groups is 1. The number of carbonyl (C=O) groups excluding carboxylic acids is 1. The lowest BCUT2D eigenvalue weighted by molar-refractivity contribution is -0.117. The lowest BCUT2D eigenvalue weighted by atomic mass is 10.2. The third-order valence-electron chi connectivity index (χ3n) is 3.31. The Morgan fingerprint density at radius 2 is 1.95 bits per heavy atom. The highest BCUT2D eigenvalue weighted by atomic mass is 16.3. The molecule has 0 saturated heterocycles. The van der Waals surface area contributed by atoms with Gasteiger partial charge in [-0.25, -0.2) is 4.98 Å². The molecule has 0 aliphatic rings. The van der Waals surface area contributed by atoms with Gasteiger partial charge in [0.1, 0.15) is 5.82 Å². The predicted molar refractivity (Wildman–Crippen MR) is 86.5 cm³/mol. The van der Waals surface area contributed by atoms with Crippen LogP contribution >= 0.6 is 0 Å². The topological polar surface area (TPSA) is 78.0 Å². The Hall–Kier alpha value is -2.66. The first-order valence-corrected chi connectivity index (χ1v) is 7.15. The fourth-order valence-electron chi connectivity index (χ4n) is 2.28. The van der Waals surface area contributed by atoms with Gasteiger partial charge in [-0.2, -0.15) is 0 Å². The molecule has 0 aliphatic carbocycles. The summed E-state index contributed by atoms with van der Waals surface area (Å²) in [5, 5.41) is 11.9. The zero-order chi connectivity index (χ0) is 15.5. The Labute approximate surface area is 128 Å². The lowest BCUT2D eigenvalue weighted by Gasteiger charge is -2.07. The first-order chi connectivity index (χ1) is 10.6. The van der Waals surface area contributed by atoms with Crippen LogP contribution in [0, 0.1) is 0 Å². The molecule has 1 heterocycles. The van der Waals surface area contributed by atoms with E-state index >= 15 is 0 Å². The number of rotatable bonds is 4. The molecule has 0 bridgehead atoms. The lowest BCUT2D eigenvalue weighted by Crippen LogP contribution is -2.17. The molecule has 2 aromatic carbocycles. The number of benzene rings is 2. The van der Waals surface area contributed by atoms with E-state index < -0.39 is 6.10 Å². The number of anilines is 1. The minimum absolute atomic E-state index is 0.0886. The molecule has 3 aromatic rings. The van der Waals surface area contributed by atoms with Crippen LogP contribution < -0.4 is 5.32 Å². The van der Waals surface area contributed by atoms with Crippen LogP contribution in [0.2, 0.25) is 0 Å². The van der Waals surface area contributed by atoms with E-state index in [-0.39, 0.29) is 12.3 Å². The van der Waals surface area contributed by atoms with Crippen molar-refractivity contribution in [1.82, 2.24) is 9.97 Å². The molecule has 1 aromatic heterocycles. The van der Waals surface area contributed by atoms with Gasteiger partial charge >= 0.3 is 0 Å². The number of amides is 1. The van der Waals surface area contributed by atoms with Crippen LogP contribution in [0.4, 0.5) is 5.69 Å². The van der Waals surface area contributed by atoms with Crippen LogP contribution in [-0.2, 0) is 4.79 Å². The first kappa shape index (κ1) is 14.3. The number of aromatic amines is 1. The molecule has 3 rings (SSSR count). The molecule has 0 aliphatic heterocycles. The second-order valence-electron chi connectivity index (χ2n) is 5.28. The third kappa shape index (κ3) is 3.15. The summed E-state index contributed by atoms with van der Waals surface area (Å²) in [6, 6.07) is 15.3. The van der Waals surface area contributed by atoms with E-state index in [1.807, 2.05) is 48.5 Å². The number of nitrogens with one attached hydrogen (secondary N) is 2. The van der Waals surface area contributed by atoms with Crippen molar-refractivity contribution in [2.45, 2.75) is 19.4 Å². The number of carbonyl (C=O) groups is 1. The van der Waals surface area contributed by atoms with Crippen molar-refractivity contribution in [3.8, 4) is 11.4 Å². The van der Waals surface area contributed by atoms with E-state index in [9.17, 15) is 9.90 Å². The van der Waals surface area contributed by atoms with Gasteiger partial charge in [0.25, 0.3) is 0 Å². The van der Waals surface area contributed by atoms with E-state index in [1.165, 1.54) is 0 Å². The molecule has 0 fully saturated rings. The normalized spacial score (nSPS) is 12.3. The fraction of sp³-hybridized carbons (Fsp3) is 0.176. The molecule has 112 valence electrons.